The Balaban J connectivity index is 0.00000117. The van der Waals surface area contributed by atoms with Crippen LogP contribution in [0.1, 0.15) is 42.0 Å². The van der Waals surface area contributed by atoms with Gasteiger partial charge in [-0.15, -0.1) is 11.3 Å². The Bertz CT molecular complexity index is 1010. The molecule has 0 aliphatic heterocycles. The van der Waals surface area contributed by atoms with Crippen molar-refractivity contribution >= 4 is 17.3 Å². The molecular weight excluding hydrogens is 389 g/mol. The van der Waals surface area contributed by atoms with Crippen molar-refractivity contribution in [2.24, 2.45) is 0 Å². The maximum Gasteiger partial charge on any atom is 0.316 e. The highest BCUT2D eigenvalue weighted by molar-refractivity contribution is 7.15. The fourth-order valence-corrected chi connectivity index (χ4v) is 4.98. The number of nitrogens with zero attached hydrogens (tertiary/aromatic N) is 3. The van der Waals surface area contributed by atoms with Crippen molar-refractivity contribution in [2.45, 2.75) is 45.4 Å². The fraction of sp³-hybridized carbons (Fsp3) is 0.364. The fourth-order valence-electron chi connectivity index (χ4n) is 3.78. The number of benzene rings is 1. The Morgan fingerprint density at radius 1 is 1.24 bits per heavy atom. The summed E-state index contributed by atoms with van der Waals surface area (Å²) in [5.74, 6) is -0.646. The summed E-state index contributed by atoms with van der Waals surface area (Å²) in [5.41, 5.74) is 2.12. The molecule has 7 heteroatoms. The first-order valence-electron chi connectivity index (χ1n) is 9.63. The number of carbonyl (C=O) groups excluding carboxylic acids is 1. The zero-order chi connectivity index (χ0) is 21.0. The van der Waals surface area contributed by atoms with Crippen molar-refractivity contribution < 1.29 is 13.9 Å². The van der Waals surface area contributed by atoms with E-state index in [0.717, 1.165) is 21.1 Å². The standard InChI is InChI=1S/C20H18FN3O2S.C2H6/c1-12-14(4-3-5-15(12)21)20(19(25)26-2)7-6-16-17(8-20)27-18(24-16)13-9-22-11-23-10-13;1-2/h3-5,9-11H,6-8H2,1-2H3;1-2H3. The number of rotatable bonds is 3. The maximum absolute atomic E-state index is 14.2. The Labute approximate surface area is 174 Å². The third-order valence-electron chi connectivity index (χ3n) is 5.20. The average molecular weight is 414 g/mol. The lowest BCUT2D eigenvalue weighted by atomic mass is 9.69. The van der Waals surface area contributed by atoms with Crippen molar-refractivity contribution in [3.05, 3.63) is 64.4 Å². The summed E-state index contributed by atoms with van der Waals surface area (Å²) in [6, 6.07) is 4.89. The Kier molecular flexibility index (Phi) is 6.37. The van der Waals surface area contributed by atoms with Crippen LogP contribution in [-0.2, 0) is 27.8 Å². The van der Waals surface area contributed by atoms with Gasteiger partial charge in [0.25, 0.3) is 0 Å². The number of hydrogen-bond acceptors (Lipinski definition) is 6. The molecule has 0 bridgehead atoms. The molecule has 0 N–H and O–H groups in total. The van der Waals surface area contributed by atoms with Crippen LogP contribution in [0.3, 0.4) is 0 Å². The predicted molar refractivity (Wildman–Crippen MR) is 111 cm³/mol. The molecular formula is C22H24FN3O2S. The van der Waals surface area contributed by atoms with E-state index in [1.54, 1.807) is 25.4 Å². The molecule has 29 heavy (non-hydrogen) atoms. The van der Waals surface area contributed by atoms with Gasteiger partial charge in [-0.1, -0.05) is 26.0 Å². The number of thiazole rings is 1. The minimum atomic E-state index is -0.898. The van der Waals surface area contributed by atoms with E-state index in [-0.39, 0.29) is 11.8 Å². The topological polar surface area (TPSA) is 65.0 Å². The zero-order valence-corrected chi connectivity index (χ0v) is 17.8. The van der Waals surface area contributed by atoms with Crippen molar-refractivity contribution in [3.63, 3.8) is 0 Å². The van der Waals surface area contributed by atoms with Gasteiger partial charge < -0.3 is 4.74 Å². The molecule has 1 aliphatic carbocycles. The summed E-state index contributed by atoms with van der Waals surface area (Å²) in [6.45, 7) is 5.71. The number of hydrogen-bond donors (Lipinski definition) is 0. The normalized spacial score (nSPS) is 17.7. The van der Waals surface area contributed by atoms with Crippen LogP contribution in [0.15, 0.2) is 36.9 Å². The summed E-state index contributed by atoms with van der Waals surface area (Å²) in [5, 5.41) is 0.831. The number of halogens is 1. The van der Waals surface area contributed by atoms with Crippen molar-refractivity contribution in [1.29, 1.82) is 0 Å². The summed E-state index contributed by atoms with van der Waals surface area (Å²) in [6.07, 6.45) is 6.54. The monoisotopic (exact) mass is 413 g/mol. The number of carbonyl (C=O) groups is 1. The largest absolute Gasteiger partial charge is 0.468 e. The molecule has 3 aromatic rings. The number of fused-ring (bicyclic) bond motifs is 1. The second kappa shape index (κ2) is 8.78. The molecule has 152 valence electrons. The smallest absolute Gasteiger partial charge is 0.316 e. The molecule has 1 atom stereocenters. The van der Waals surface area contributed by atoms with E-state index in [1.807, 2.05) is 19.9 Å². The molecule has 0 saturated carbocycles. The average Bonchev–Trinajstić information content (AvgIpc) is 3.20. The van der Waals surface area contributed by atoms with E-state index in [0.29, 0.717) is 30.4 Å². The van der Waals surface area contributed by atoms with Crippen LogP contribution in [0, 0.1) is 12.7 Å². The lowest BCUT2D eigenvalue weighted by molar-refractivity contribution is -0.148. The van der Waals surface area contributed by atoms with Gasteiger partial charge in [-0.3, -0.25) is 4.79 Å². The Morgan fingerprint density at radius 2 is 1.97 bits per heavy atom. The van der Waals surface area contributed by atoms with E-state index in [1.165, 1.54) is 30.8 Å². The molecule has 0 radical (unpaired) electrons. The molecule has 0 amide bonds. The number of ether oxygens (including phenoxy) is 1. The summed E-state index contributed by atoms with van der Waals surface area (Å²) in [4.78, 5) is 26.7. The summed E-state index contributed by atoms with van der Waals surface area (Å²) < 4.78 is 19.4. The SMILES string of the molecule is CC.COC(=O)C1(c2cccc(F)c2C)CCc2nc(-c3cncnc3)sc2C1. The van der Waals surface area contributed by atoms with Gasteiger partial charge in [-0.2, -0.15) is 0 Å². The molecule has 0 saturated heterocycles. The van der Waals surface area contributed by atoms with E-state index in [9.17, 15) is 9.18 Å². The lowest BCUT2D eigenvalue weighted by Gasteiger charge is -2.35. The molecule has 1 aliphatic rings. The first-order chi connectivity index (χ1) is 14.0. The molecule has 4 rings (SSSR count). The summed E-state index contributed by atoms with van der Waals surface area (Å²) in [7, 11) is 1.38. The van der Waals surface area contributed by atoms with E-state index in [4.69, 9.17) is 9.72 Å². The first-order valence-corrected chi connectivity index (χ1v) is 10.4. The molecule has 1 aromatic carbocycles. The van der Waals surface area contributed by atoms with Crippen LogP contribution in [-0.4, -0.2) is 28.0 Å². The van der Waals surface area contributed by atoms with Crippen LogP contribution in [0.5, 0.6) is 0 Å². The van der Waals surface area contributed by atoms with Gasteiger partial charge in [0.2, 0.25) is 0 Å². The van der Waals surface area contributed by atoms with Gasteiger partial charge in [-0.25, -0.2) is 19.3 Å². The van der Waals surface area contributed by atoms with Crippen LogP contribution in [0.2, 0.25) is 0 Å². The maximum atomic E-state index is 14.2. The van der Waals surface area contributed by atoms with Crippen LogP contribution in [0.4, 0.5) is 4.39 Å². The number of methoxy groups -OCH3 is 1. The van der Waals surface area contributed by atoms with Gasteiger partial charge in [0.05, 0.1) is 18.2 Å². The van der Waals surface area contributed by atoms with Crippen LogP contribution < -0.4 is 0 Å². The van der Waals surface area contributed by atoms with Crippen LogP contribution >= 0.6 is 11.3 Å². The molecule has 1 unspecified atom stereocenters. The predicted octanol–water partition coefficient (Wildman–Crippen LogP) is 4.67. The minimum absolute atomic E-state index is 0.312. The van der Waals surface area contributed by atoms with Crippen molar-refractivity contribution in [3.8, 4) is 10.6 Å². The number of aryl methyl sites for hydroxylation is 1. The second-order valence-electron chi connectivity index (χ2n) is 6.68. The first kappa shape index (κ1) is 21.0. The molecule has 5 nitrogen and oxygen atoms in total. The highest BCUT2D eigenvalue weighted by Gasteiger charge is 2.46. The van der Waals surface area contributed by atoms with Crippen molar-refractivity contribution in [1.82, 2.24) is 15.0 Å². The van der Waals surface area contributed by atoms with Gasteiger partial charge in [0.1, 0.15) is 17.2 Å². The van der Waals surface area contributed by atoms with Crippen molar-refractivity contribution in [2.75, 3.05) is 7.11 Å². The second-order valence-corrected chi connectivity index (χ2v) is 7.76. The third-order valence-corrected chi connectivity index (χ3v) is 6.34. The molecule has 0 fully saturated rings. The highest BCUT2D eigenvalue weighted by atomic mass is 32.1. The zero-order valence-electron chi connectivity index (χ0n) is 17.0. The number of esters is 1. The minimum Gasteiger partial charge on any atom is -0.468 e. The van der Waals surface area contributed by atoms with Gasteiger partial charge in [-0.05, 0) is 37.0 Å². The molecule has 2 aromatic heterocycles. The highest BCUT2D eigenvalue weighted by Crippen LogP contribution is 2.44. The quantitative estimate of drug-likeness (QED) is 0.584. The third kappa shape index (κ3) is 3.79. The summed E-state index contributed by atoms with van der Waals surface area (Å²) >= 11 is 1.53. The van der Waals surface area contributed by atoms with Gasteiger partial charge in [0.15, 0.2) is 0 Å². The van der Waals surface area contributed by atoms with E-state index < -0.39 is 5.41 Å². The molecule has 0 spiro atoms. The lowest BCUT2D eigenvalue weighted by Crippen LogP contribution is -2.42. The van der Waals surface area contributed by atoms with Gasteiger partial charge >= 0.3 is 5.97 Å². The molecule has 2 heterocycles. The van der Waals surface area contributed by atoms with E-state index >= 15 is 0 Å². The Morgan fingerprint density at radius 3 is 2.66 bits per heavy atom. The Hall–Kier alpha value is -2.67. The van der Waals surface area contributed by atoms with E-state index in [2.05, 4.69) is 9.97 Å². The number of aromatic nitrogens is 3. The van der Waals surface area contributed by atoms with Gasteiger partial charge in [0, 0.05) is 29.3 Å². The van der Waals surface area contributed by atoms with Crippen LogP contribution in [0.25, 0.3) is 10.6 Å².